The summed E-state index contributed by atoms with van der Waals surface area (Å²) >= 11 is 0. The molecule has 1 aliphatic heterocycles. The Morgan fingerprint density at radius 1 is 1.41 bits per heavy atom. The molecule has 1 unspecified atom stereocenters. The Hall–Kier alpha value is -1.35. The number of aryl methyl sites for hydroxylation is 1. The standard InChI is InChI=1S/C14H20N2O/c1-3-11-4-6-13(7-5-11)16(2)14(17)12-8-9-15-10-12/h4-7,12,15H,3,8-10H2,1-2H3. The molecular weight excluding hydrogens is 212 g/mol. The largest absolute Gasteiger partial charge is 0.316 e. The Morgan fingerprint density at radius 3 is 2.65 bits per heavy atom. The first-order valence-electron chi connectivity index (χ1n) is 6.29. The molecule has 1 saturated heterocycles. The van der Waals surface area contributed by atoms with Gasteiger partial charge in [-0.3, -0.25) is 4.79 Å². The molecule has 3 heteroatoms. The zero-order chi connectivity index (χ0) is 12.3. The van der Waals surface area contributed by atoms with E-state index in [2.05, 4.69) is 24.4 Å². The van der Waals surface area contributed by atoms with Crippen LogP contribution in [0.15, 0.2) is 24.3 Å². The van der Waals surface area contributed by atoms with Crippen molar-refractivity contribution in [1.29, 1.82) is 0 Å². The highest BCUT2D eigenvalue weighted by Gasteiger charge is 2.25. The van der Waals surface area contributed by atoms with Crippen molar-refractivity contribution in [1.82, 2.24) is 5.32 Å². The maximum Gasteiger partial charge on any atom is 0.231 e. The van der Waals surface area contributed by atoms with Crippen LogP contribution in [0.4, 0.5) is 5.69 Å². The number of hydrogen-bond acceptors (Lipinski definition) is 2. The molecule has 1 amide bonds. The lowest BCUT2D eigenvalue weighted by Gasteiger charge is -2.21. The summed E-state index contributed by atoms with van der Waals surface area (Å²) in [7, 11) is 1.86. The molecule has 2 rings (SSSR count). The molecule has 0 aromatic heterocycles. The van der Waals surface area contributed by atoms with Gasteiger partial charge in [0.1, 0.15) is 0 Å². The average molecular weight is 232 g/mol. The highest BCUT2D eigenvalue weighted by atomic mass is 16.2. The van der Waals surface area contributed by atoms with Crippen molar-refractivity contribution >= 4 is 11.6 Å². The predicted molar refractivity (Wildman–Crippen MR) is 70.2 cm³/mol. The highest BCUT2D eigenvalue weighted by molar-refractivity contribution is 5.94. The van der Waals surface area contributed by atoms with Crippen LogP contribution in [-0.4, -0.2) is 26.0 Å². The number of nitrogens with zero attached hydrogens (tertiary/aromatic N) is 1. The number of benzene rings is 1. The minimum atomic E-state index is 0.144. The molecule has 1 N–H and O–H groups in total. The summed E-state index contributed by atoms with van der Waals surface area (Å²) in [5, 5.41) is 3.23. The smallest absolute Gasteiger partial charge is 0.231 e. The third-order valence-corrected chi connectivity index (χ3v) is 3.47. The molecule has 1 aromatic carbocycles. The van der Waals surface area contributed by atoms with Crippen molar-refractivity contribution in [3.63, 3.8) is 0 Å². The first-order valence-corrected chi connectivity index (χ1v) is 6.29. The maximum atomic E-state index is 12.2. The predicted octanol–water partition coefficient (Wildman–Crippen LogP) is 1.82. The van der Waals surface area contributed by atoms with E-state index in [1.807, 2.05) is 19.2 Å². The van der Waals surface area contributed by atoms with E-state index in [-0.39, 0.29) is 11.8 Å². The lowest BCUT2D eigenvalue weighted by atomic mass is 10.1. The van der Waals surface area contributed by atoms with E-state index < -0.39 is 0 Å². The third kappa shape index (κ3) is 2.67. The van der Waals surface area contributed by atoms with Crippen LogP contribution in [0.3, 0.4) is 0 Å². The van der Waals surface area contributed by atoms with Crippen LogP contribution in [-0.2, 0) is 11.2 Å². The summed E-state index contributed by atoms with van der Waals surface area (Å²) < 4.78 is 0. The second-order valence-corrected chi connectivity index (χ2v) is 4.61. The number of carbonyl (C=O) groups is 1. The molecule has 0 spiro atoms. The number of rotatable bonds is 3. The van der Waals surface area contributed by atoms with Crippen molar-refractivity contribution in [3.8, 4) is 0 Å². The van der Waals surface area contributed by atoms with Gasteiger partial charge in [0.2, 0.25) is 5.91 Å². The van der Waals surface area contributed by atoms with Gasteiger partial charge in [-0.15, -0.1) is 0 Å². The van der Waals surface area contributed by atoms with Gasteiger partial charge in [-0.2, -0.15) is 0 Å². The quantitative estimate of drug-likeness (QED) is 0.862. The molecule has 1 aromatic rings. The fourth-order valence-corrected chi connectivity index (χ4v) is 2.22. The number of amides is 1. The van der Waals surface area contributed by atoms with Gasteiger partial charge >= 0.3 is 0 Å². The van der Waals surface area contributed by atoms with Gasteiger partial charge in [-0.1, -0.05) is 19.1 Å². The van der Waals surface area contributed by atoms with Crippen molar-refractivity contribution in [2.24, 2.45) is 5.92 Å². The summed E-state index contributed by atoms with van der Waals surface area (Å²) in [5.41, 5.74) is 2.29. The monoisotopic (exact) mass is 232 g/mol. The molecule has 1 fully saturated rings. The fourth-order valence-electron chi connectivity index (χ4n) is 2.22. The lowest BCUT2D eigenvalue weighted by Crippen LogP contribution is -2.33. The van der Waals surface area contributed by atoms with Gasteiger partial charge in [0.25, 0.3) is 0 Å². The molecule has 0 aliphatic carbocycles. The van der Waals surface area contributed by atoms with Crippen LogP contribution >= 0.6 is 0 Å². The fraction of sp³-hybridized carbons (Fsp3) is 0.500. The van der Waals surface area contributed by atoms with E-state index in [1.165, 1.54) is 5.56 Å². The summed E-state index contributed by atoms with van der Waals surface area (Å²) in [6.45, 7) is 3.91. The summed E-state index contributed by atoms with van der Waals surface area (Å²) in [6.07, 6.45) is 1.99. The number of hydrogen-bond donors (Lipinski definition) is 1. The number of nitrogens with one attached hydrogen (secondary N) is 1. The van der Waals surface area contributed by atoms with Crippen molar-refractivity contribution in [3.05, 3.63) is 29.8 Å². The summed E-state index contributed by atoms with van der Waals surface area (Å²) in [6, 6.07) is 8.23. The molecule has 92 valence electrons. The van der Waals surface area contributed by atoms with E-state index in [1.54, 1.807) is 4.90 Å². The Morgan fingerprint density at radius 2 is 2.12 bits per heavy atom. The normalized spacial score (nSPS) is 19.3. The maximum absolute atomic E-state index is 12.2. The summed E-state index contributed by atoms with van der Waals surface area (Å²) in [4.78, 5) is 14.0. The Kier molecular flexibility index (Phi) is 3.79. The summed E-state index contributed by atoms with van der Waals surface area (Å²) in [5.74, 6) is 0.366. The van der Waals surface area contributed by atoms with E-state index >= 15 is 0 Å². The molecule has 0 saturated carbocycles. The average Bonchev–Trinajstić information content (AvgIpc) is 2.91. The third-order valence-electron chi connectivity index (χ3n) is 3.47. The van der Waals surface area contributed by atoms with Crippen molar-refractivity contribution in [2.45, 2.75) is 19.8 Å². The topological polar surface area (TPSA) is 32.3 Å². The van der Waals surface area contributed by atoms with Crippen molar-refractivity contribution < 1.29 is 4.79 Å². The zero-order valence-electron chi connectivity index (χ0n) is 10.6. The molecule has 0 bridgehead atoms. The van der Waals surface area contributed by atoms with E-state index in [9.17, 15) is 4.79 Å². The SMILES string of the molecule is CCc1ccc(N(C)C(=O)C2CCNC2)cc1. The molecule has 1 atom stereocenters. The molecular formula is C14H20N2O. The van der Waals surface area contributed by atoms with Crippen LogP contribution in [0.2, 0.25) is 0 Å². The Balaban J connectivity index is 2.07. The molecule has 1 heterocycles. The minimum Gasteiger partial charge on any atom is -0.316 e. The van der Waals surface area contributed by atoms with Crippen molar-refractivity contribution in [2.75, 3.05) is 25.0 Å². The number of anilines is 1. The lowest BCUT2D eigenvalue weighted by molar-refractivity contribution is -0.121. The number of carbonyl (C=O) groups excluding carboxylic acids is 1. The van der Waals surface area contributed by atoms with E-state index in [4.69, 9.17) is 0 Å². The Labute approximate surface area is 103 Å². The van der Waals surface area contributed by atoms with Gasteiger partial charge in [-0.25, -0.2) is 0 Å². The minimum absolute atomic E-state index is 0.144. The van der Waals surface area contributed by atoms with Crippen LogP contribution in [0.1, 0.15) is 18.9 Å². The molecule has 0 radical (unpaired) electrons. The van der Waals surface area contributed by atoms with Crippen LogP contribution in [0.25, 0.3) is 0 Å². The molecule has 17 heavy (non-hydrogen) atoms. The van der Waals surface area contributed by atoms with Crippen LogP contribution < -0.4 is 10.2 Å². The molecule has 3 nitrogen and oxygen atoms in total. The van der Waals surface area contributed by atoms with Crippen LogP contribution in [0.5, 0.6) is 0 Å². The first kappa shape index (κ1) is 12.1. The van der Waals surface area contributed by atoms with Gasteiger partial charge in [0.15, 0.2) is 0 Å². The first-order chi connectivity index (χ1) is 8.22. The second-order valence-electron chi connectivity index (χ2n) is 4.61. The Bertz CT molecular complexity index is 380. The zero-order valence-corrected chi connectivity index (χ0v) is 10.6. The van der Waals surface area contributed by atoms with Gasteiger partial charge in [0.05, 0.1) is 5.92 Å². The van der Waals surface area contributed by atoms with Gasteiger partial charge in [-0.05, 0) is 37.1 Å². The highest BCUT2D eigenvalue weighted by Crippen LogP contribution is 2.18. The van der Waals surface area contributed by atoms with E-state index in [0.717, 1.165) is 31.6 Å². The molecule has 1 aliphatic rings. The second kappa shape index (κ2) is 5.32. The van der Waals surface area contributed by atoms with E-state index in [0.29, 0.717) is 0 Å². The van der Waals surface area contributed by atoms with Gasteiger partial charge < -0.3 is 10.2 Å². The van der Waals surface area contributed by atoms with Crippen LogP contribution in [0, 0.1) is 5.92 Å². The van der Waals surface area contributed by atoms with Gasteiger partial charge in [0, 0.05) is 19.3 Å².